The Morgan fingerprint density at radius 2 is 2.06 bits per heavy atom. The fraction of sp³-hybridized carbons (Fsp3) is 0.357. The molecule has 4 heteroatoms. The number of benzene rings is 1. The van der Waals surface area contributed by atoms with Crippen LogP contribution in [0.4, 0.5) is 4.79 Å². The van der Waals surface area contributed by atoms with Gasteiger partial charge < -0.3 is 10.1 Å². The molecule has 0 saturated carbocycles. The van der Waals surface area contributed by atoms with E-state index < -0.39 is 0 Å². The summed E-state index contributed by atoms with van der Waals surface area (Å²) in [6.45, 7) is 4.49. The first-order valence-electron chi connectivity index (χ1n) is 5.94. The van der Waals surface area contributed by atoms with Gasteiger partial charge in [0.2, 0.25) is 0 Å². The Kier molecular flexibility index (Phi) is 5.94. The smallest absolute Gasteiger partial charge is 0.415 e. The Balaban J connectivity index is 2.57. The topological polar surface area (TPSA) is 41.6 Å². The van der Waals surface area contributed by atoms with Gasteiger partial charge in [0.15, 0.2) is 0 Å². The van der Waals surface area contributed by atoms with Crippen molar-refractivity contribution in [2.24, 2.45) is 0 Å². The summed E-state index contributed by atoms with van der Waals surface area (Å²) in [7, 11) is 1.79. The number of amides is 1. The fourth-order valence-corrected chi connectivity index (χ4v) is 1.44. The molecule has 0 bridgehead atoms. The third kappa shape index (κ3) is 4.22. The zero-order valence-electron chi connectivity index (χ0n) is 11.1. The Labute approximate surface area is 108 Å². The highest BCUT2D eigenvalue weighted by molar-refractivity contribution is 5.69. The third-order valence-corrected chi connectivity index (χ3v) is 2.59. The van der Waals surface area contributed by atoms with E-state index >= 15 is 0 Å². The highest BCUT2D eigenvalue weighted by Gasteiger charge is 2.15. The molecule has 1 amide bonds. The molecule has 0 saturated heterocycles. The molecule has 0 fully saturated rings. The van der Waals surface area contributed by atoms with Gasteiger partial charge >= 0.3 is 6.09 Å². The molecule has 0 aliphatic heterocycles. The molecule has 1 aromatic rings. The molecule has 1 rings (SSSR count). The van der Waals surface area contributed by atoms with Gasteiger partial charge in [-0.2, -0.15) is 0 Å². The highest BCUT2D eigenvalue weighted by Crippen LogP contribution is 2.07. The molecule has 0 radical (unpaired) electrons. The van der Waals surface area contributed by atoms with E-state index in [9.17, 15) is 4.79 Å². The molecule has 98 valence electrons. The lowest BCUT2D eigenvalue weighted by Gasteiger charge is -2.22. The summed E-state index contributed by atoms with van der Waals surface area (Å²) >= 11 is 0. The van der Waals surface area contributed by atoms with Crippen LogP contribution in [0, 0.1) is 0 Å². The van der Waals surface area contributed by atoms with E-state index in [-0.39, 0.29) is 12.7 Å². The van der Waals surface area contributed by atoms with Gasteiger partial charge in [-0.05, 0) is 26.5 Å². The molecule has 18 heavy (non-hydrogen) atoms. The van der Waals surface area contributed by atoms with Crippen LogP contribution in [0.2, 0.25) is 0 Å². The summed E-state index contributed by atoms with van der Waals surface area (Å²) in [6, 6.07) is 9.64. The van der Waals surface area contributed by atoms with Crippen LogP contribution in [0.3, 0.4) is 0 Å². The van der Waals surface area contributed by atoms with Crippen LogP contribution < -0.4 is 5.32 Å². The normalized spacial score (nSPS) is 11.2. The van der Waals surface area contributed by atoms with Crippen molar-refractivity contribution in [1.29, 1.82) is 0 Å². The van der Waals surface area contributed by atoms with Crippen LogP contribution >= 0.6 is 0 Å². The standard InChI is InChI=1S/C14H20N2O2/c1-4-12(2)16(11-15-3)14(17)18-10-13-8-6-5-7-9-13/h4-9,15H,10-11H2,1-3H3/b12-4+. The van der Waals surface area contributed by atoms with Crippen LogP contribution in [0.15, 0.2) is 42.1 Å². The maximum absolute atomic E-state index is 11.9. The van der Waals surface area contributed by atoms with Crippen LogP contribution in [-0.2, 0) is 11.3 Å². The lowest BCUT2D eigenvalue weighted by Crippen LogP contribution is -2.36. The number of carbonyl (C=O) groups excluding carboxylic acids is 1. The van der Waals surface area contributed by atoms with Crippen LogP contribution in [0.25, 0.3) is 0 Å². The molecule has 0 aliphatic carbocycles. The molecule has 0 atom stereocenters. The maximum atomic E-state index is 11.9. The van der Waals surface area contributed by atoms with E-state index in [0.29, 0.717) is 6.67 Å². The van der Waals surface area contributed by atoms with Crippen molar-refractivity contribution in [1.82, 2.24) is 10.2 Å². The van der Waals surface area contributed by atoms with Gasteiger partial charge in [-0.25, -0.2) is 4.79 Å². The highest BCUT2D eigenvalue weighted by atomic mass is 16.6. The zero-order chi connectivity index (χ0) is 13.4. The largest absolute Gasteiger partial charge is 0.444 e. The summed E-state index contributed by atoms with van der Waals surface area (Å²) in [4.78, 5) is 13.5. The molecule has 1 N–H and O–H groups in total. The predicted molar refractivity (Wildman–Crippen MR) is 71.8 cm³/mol. The van der Waals surface area contributed by atoms with E-state index in [4.69, 9.17) is 4.74 Å². The predicted octanol–water partition coefficient (Wildman–Crippen LogP) is 2.73. The van der Waals surface area contributed by atoms with E-state index in [2.05, 4.69) is 5.32 Å². The van der Waals surface area contributed by atoms with Gasteiger partial charge in [0.25, 0.3) is 0 Å². The second kappa shape index (κ2) is 7.50. The summed E-state index contributed by atoms with van der Waals surface area (Å²) in [5.41, 5.74) is 1.84. The number of allylic oxidation sites excluding steroid dienone is 2. The number of rotatable bonds is 5. The second-order valence-corrected chi connectivity index (χ2v) is 3.91. The van der Waals surface area contributed by atoms with E-state index in [1.807, 2.05) is 50.3 Å². The van der Waals surface area contributed by atoms with E-state index in [1.165, 1.54) is 0 Å². The molecule has 0 aliphatic rings. The van der Waals surface area contributed by atoms with E-state index in [0.717, 1.165) is 11.3 Å². The summed E-state index contributed by atoms with van der Waals surface area (Å²) in [5.74, 6) is 0. The molecule has 1 aromatic carbocycles. The molecule has 0 heterocycles. The number of hydrogen-bond donors (Lipinski definition) is 1. The molecule has 0 unspecified atom stereocenters. The van der Waals surface area contributed by atoms with Gasteiger partial charge in [0.05, 0.1) is 6.67 Å². The van der Waals surface area contributed by atoms with Crippen molar-refractivity contribution in [3.63, 3.8) is 0 Å². The monoisotopic (exact) mass is 248 g/mol. The van der Waals surface area contributed by atoms with Crippen molar-refractivity contribution >= 4 is 6.09 Å². The Morgan fingerprint density at radius 1 is 1.39 bits per heavy atom. The number of ether oxygens (including phenoxy) is 1. The number of carbonyl (C=O) groups is 1. The first kappa shape index (κ1) is 14.3. The van der Waals surface area contributed by atoms with Crippen molar-refractivity contribution in [2.75, 3.05) is 13.7 Å². The summed E-state index contributed by atoms with van der Waals surface area (Å²) < 4.78 is 5.27. The molecular formula is C14H20N2O2. The van der Waals surface area contributed by atoms with Crippen LogP contribution in [0.5, 0.6) is 0 Å². The Hall–Kier alpha value is -1.81. The van der Waals surface area contributed by atoms with Crippen LogP contribution in [0.1, 0.15) is 19.4 Å². The summed E-state index contributed by atoms with van der Waals surface area (Å²) in [5, 5.41) is 2.95. The van der Waals surface area contributed by atoms with Crippen LogP contribution in [-0.4, -0.2) is 24.7 Å². The Morgan fingerprint density at radius 3 is 2.61 bits per heavy atom. The Bertz CT molecular complexity index is 402. The lowest BCUT2D eigenvalue weighted by molar-refractivity contribution is 0.105. The van der Waals surface area contributed by atoms with Crippen molar-refractivity contribution < 1.29 is 9.53 Å². The minimum Gasteiger partial charge on any atom is -0.444 e. The van der Waals surface area contributed by atoms with Gasteiger partial charge in [-0.15, -0.1) is 0 Å². The molecular weight excluding hydrogens is 228 g/mol. The van der Waals surface area contributed by atoms with Crippen molar-refractivity contribution in [3.8, 4) is 0 Å². The van der Waals surface area contributed by atoms with Gasteiger partial charge in [0, 0.05) is 5.70 Å². The first-order chi connectivity index (χ1) is 8.69. The second-order valence-electron chi connectivity index (χ2n) is 3.91. The zero-order valence-corrected chi connectivity index (χ0v) is 11.1. The SMILES string of the molecule is C/C=C(\C)N(CNC)C(=O)OCc1ccccc1. The number of hydrogen-bond acceptors (Lipinski definition) is 3. The molecule has 4 nitrogen and oxygen atoms in total. The average molecular weight is 248 g/mol. The third-order valence-electron chi connectivity index (χ3n) is 2.59. The average Bonchev–Trinajstić information content (AvgIpc) is 2.42. The molecule has 0 aromatic heterocycles. The van der Waals surface area contributed by atoms with Gasteiger partial charge in [0.1, 0.15) is 6.61 Å². The maximum Gasteiger partial charge on any atom is 0.415 e. The quantitative estimate of drug-likeness (QED) is 0.815. The first-order valence-corrected chi connectivity index (χ1v) is 5.94. The fourth-order valence-electron chi connectivity index (χ4n) is 1.44. The number of nitrogens with zero attached hydrogens (tertiary/aromatic N) is 1. The van der Waals surface area contributed by atoms with Crippen molar-refractivity contribution in [3.05, 3.63) is 47.7 Å². The minimum absolute atomic E-state index is 0.289. The minimum atomic E-state index is -0.344. The van der Waals surface area contributed by atoms with Gasteiger partial charge in [-0.3, -0.25) is 4.90 Å². The summed E-state index contributed by atoms with van der Waals surface area (Å²) in [6.07, 6.45) is 1.53. The number of nitrogens with one attached hydrogen (secondary N) is 1. The van der Waals surface area contributed by atoms with E-state index in [1.54, 1.807) is 11.9 Å². The lowest BCUT2D eigenvalue weighted by atomic mass is 10.2. The van der Waals surface area contributed by atoms with Gasteiger partial charge in [-0.1, -0.05) is 36.4 Å². The molecule has 0 spiro atoms. The van der Waals surface area contributed by atoms with Crippen molar-refractivity contribution in [2.45, 2.75) is 20.5 Å².